The van der Waals surface area contributed by atoms with Gasteiger partial charge in [0.2, 0.25) is 0 Å². The van der Waals surface area contributed by atoms with E-state index >= 15 is 0 Å². The molecule has 3 nitrogen and oxygen atoms in total. The van der Waals surface area contributed by atoms with E-state index in [2.05, 4.69) is 5.32 Å². The zero-order valence-corrected chi connectivity index (χ0v) is 10.9. The number of hydrogen-bond acceptors (Lipinski definition) is 2. The SMILES string of the molecule is O=C(NCc1ccc(F)c(CO)c1)c1cccc(F)c1F. The predicted molar refractivity (Wildman–Crippen MR) is 69.9 cm³/mol. The Bertz CT molecular complexity index is 674. The summed E-state index contributed by atoms with van der Waals surface area (Å²) < 4.78 is 39.6. The molecule has 0 unspecified atom stereocenters. The highest BCUT2D eigenvalue weighted by Gasteiger charge is 2.14. The van der Waals surface area contributed by atoms with Crippen LogP contribution in [0.1, 0.15) is 21.5 Å². The van der Waals surface area contributed by atoms with Gasteiger partial charge in [-0.05, 0) is 29.8 Å². The number of aliphatic hydroxyl groups excluding tert-OH is 1. The van der Waals surface area contributed by atoms with Crippen molar-refractivity contribution in [3.8, 4) is 0 Å². The molecule has 0 fully saturated rings. The van der Waals surface area contributed by atoms with E-state index in [9.17, 15) is 18.0 Å². The van der Waals surface area contributed by atoms with Crippen LogP contribution in [-0.4, -0.2) is 11.0 Å². The highest BCUT2D eigenvalue weighted by Crippen LogP contribution is 2.13. The first kappa shape index (κ1) is 15.1. The molecular formula is C15H12F3NO2. The summed E-state index contributed by atoms with van der Waals surface area (Å²) >= 11 is 0. The number of amides is 1. The molecule has 2 aromatic rings. The van der Waals surface area contributed by atoms with Gasteiger partial charge in [-0.3, -0.25) is 4.79 Å². The second kappa shape index (κ2) is 6.41. The number of hydrogen-bond donors (Lipinski definition) is 2. The van der Waals surface area contributed by atoms with Gasteiger partial charge < -0.3 is 10.4 Å². The number of aliphatic hydroxyl groups is 1. The number of carbonyl (C=O) groups is 1. The van der Waals surface area contributed by atoms with Gasteiger partial charge in [0.05, 0.1) is 12.2 Å². The predicted octanol–water partition coefficient (Wildman–Crippen LogP) is 2.53. The minimum atomic E-state index is -1.22. The average molecular weight is 295 g/mol. The lowest BCUT2D eigenvalue weighted by atomic mass is 10.1. The first-order chi connectivity index (χ1) is 10.0. The van der Waals surface area contributed by atoms with Gasteiger partial charge in [0.25, 0.3) is 5.91 Å². The van der Waals surface area contributed by atoms with Gasteiger partial charge in [0.15, 0.2) is 11.6 Å². The molecule has 0 heterocycles. The number of halogens is 3. The Kier molecular flexibility index (Phi) is 4.59. The Balaban J connectivity index is 2.09. The van der Waals surface area contributed by atoms with Crippen molar-refractivity contribution in [1.82, 2.24) is 5.32 Å². The van der Waals surface area contributed by atoms with Crippen molar-refractivity contribution in [1.29, 1.82) is 0 Å². The van der Waals surface area contributed by atoms with E-state index in [-0.39, 0.29) is 12.1 Å². The summed E-state index contributed by atoms with van der Waals surface area (Å²) in [6, 6.07) is 7.29. The lowest BCUT2D eigenvalue weighted by Gasteiger charge is -2.08. The Morgan fingerprint density at radius 1 is 1.10 bits per heavy atom. The molecule has 110 valence electrons. The van der Waals surface area contributed by atoms with E-state index in [4.69, 9.17) is 5.11 Å². The van der Waals surface area contributed by atoms with Crippen LogP contribution < -0.4 is 5.32 Å². The van der Waals surface area contributed by atoms with Gasteiger partial charge in [0, 0.05) is 12.1 Å². The van der Waals surface area contributed by atoms with E-state index in [0.717, 1.165) is 18.2 Å². The molecule has 2 N–H and O–H groups in total. The Hall–Kier alpha value is -2.34. The molecule has 0 aliphatic heterocycles. The summed E-state index contributed by atoms with van der Waals surface area (Å²) in [6.45, 7) is -0.464. The molecule has 0 aromatic heterocycles. The minimum Gasteiger partial charge on any atom is -0.392 e. The first-order valence-electron chi connectivity index (χ1n) is 6.13. The van der Waals surface area contributed by atoms with Crippen molar-refractivity contribution in [2.45, 2.75) is 13.2 Å². The highest BCUT2D eigenvalue weighted by molar-refractivity contribution is 5.94. The van der Waals surface area contributed by atoms with Gasteiger partial charge in [0.1, 0.15) is 5.82 Å². The molecule has 0 spiro atoms. The third-order valence-electron chi connectivity index (χ3n) is 2.93. The molecule has 0 radical (unpaired) electrons. The third-order valence-corrected chi connectivity index (χ3v) is 2.93. The van der Waals surface area contributed by atoms with Crippen LogP contribution in [0.5, 0.6) is 0 Å². The van der Waals surface area contributed by atoms with Gasteiger partial charge in [-0.25, -0.2) is 13.2 Å². The van der Waals surface area contributed by atoms with Crippen molar-refractivity contribution >= 4 is 5.91 Å². The normalized spacial score (nSPS) is 10.5. The summed E-state index contributed by atoms with van der Waals surface area (Å²) in [6.07, 6.45) is 0. The zero-order chi connectivity index (χ0) is 15.4. The van der Waals surface area contributed by atoms with Crippen molar-refractivity contribution < 1.29 is 23.1 Å². The minimum absolute atomic E-state index is 0.00205. The first-order valence-corrected chi connectivity index (χ1v) is 6.13. The van der Waals surface area contributed by atoms with Crippen LogP contribution in [0.3, 0.4) is 0 Å². The third kappa shape index (κ3) is 3.41. The lowest BCUT2D eigenvalue weighted by molar-refractivity contribution is 0.0946. The van der Waals surface area contributed by atoms with Crippen molar-refractivity contribution in [3.05, 3.63) is 70.5 Å². The molecular weight excluding hydrogens is 283 g/mol. The number of rotatable bonds is 4. The fraction of sp³-hybridized carbons (Fsp3) is 0.133. The fourth-order valence-electron chi connectivity index (χ4n) is 1.82. The molecule has 0 saturated heterocycles. The molecule has 0 aliphatic rings. The molecule has 6 heteroatoms. The maximum atomic E-state index is 13.4. The largest absolute Gasteiger partial charge is 0.392 e. The second-order valence-corrected chi connectivity index (χ2v) is 4.37. The lowest BCUT2D eigenvalue weighted by Crippen LogP contribution is -2.24. The summed E-state index contributed by atoms with van der Waals surface area (Å²) in [5, 5.41) is 11.4. The number of benzene rings is 2. The molecule has 21 heavy (non-hydrogen) atoms. The van der Waals surface area contributed by atoms with Gasteiger partial charge in [-0.1, -0.05) is 12.1 Å². The van der Waals surface area contributed by atoms with Crippen LogP contribution in [0.2, 0.25) is 0 Å². The quantitative estimate of drug-likeness (QED) is 0.910. The van der Waals surface area contributed by atoms with Crippen molar-refractivity contribution in [3.63, 3.8) is 0 Å². The van der Waals surface area contributed by atoms with Gasteiger partial charge in [-0.15, -0.1) is 0 Å². The fourth-order valence-corrected chi connectivity index (χ4v) is 1.82. The molecule has 0 bridgehead atoms. The van der Waals surface area contributed by atoms with E-state index in [1.807, 2.05) is 0 Å². The zero-order valence-electron chi connectivity index (χ0n) is 10.9. The topological polar surface area (TPSA) is 49.3 Å². The number of carbonyl (C=O) groups excluding carboxylic acids is 1. The smallest absolute Gasteiger partial charge is 0.254 e. The monoisotopic (exact) mass is 295 g/mol. The van der Waals surface area contributed by atoms with Gasteiger partial charge >= 0.3 is 0 Å². The molecule has 2 aromatic carbocycles. The summed E-state index contributed by atoms with van der Waals surface area (Å²) in [7, 11) is 0. The van der Waals surface area contributed by atoms with Crippen LogP contribution in [0, 0.1) is 17.5 Å². The maximum absolute atomic E-state index is 13.4. The molecule has 0 aliphatic carbocycles. The van der Waals surface area contributed by atoms with Crippen LogP contribution >= 0.6 is 0 Å². The summed E-state index contributed by atoms with van der Waals surface area (Å²) in [5.74, 6) is -3.65. The van der Waals surface area contributed by atoms with Crippen LogP contribution in [0.25, 0.3) is 0 Å². The molecule has 1 amide bonds. The second-order valence-electron chi connectivity index (χ2n) is 4.37. The summed E-state index contributed by atoms with van der Waals surface area (Å²) in [5.41, 5.74) is 0.226. The van der Waals surface area contributed by atoms with E-state index in [1.165, 1.54) is 18.2 Å². The summed E-state index contributed by atoms with van der Waals surface area (Å²) in [4.78, 5) is 11.8. The Morgan fingerprint density at radius 3 is 2.57 bits per heavy atom. The van der Waals surface area contributed by atoms with Crippen molar-refractivity contribution in [2.75, 3.05) is 0 Å². The molecule has 0 atom stereocenters. The van der Waals surface area contributed by atoms with Crippen LogP contribution in [-0.2, 0) is 13.2 Å². The Labute approximate surface area is 119 Å². The van der Waals surface area contributed by atoms with E-state index in [0.29, 0.717) is 5.56 Å². The molecule has 0 saturated carbocycles. The highest BCUT2D eigenvalue weighted by atomic mass is 19.2. The maximum Gasteiger partial charge on any atom is 0.254 e. The van der Waals surface area contributed by atoms with Crippen LogP contribution in [0.15, 0.2) is 36.4 Å². The van der Waals surface area contributed by atoms with Crippen LogP contribution in [0.4, 0.5) is 13.2 Å². The van der Waals surface area contributed by atoms with E-state index in [1.54, 1.807) is 0 Å². The average Bonchev–Trinajstić information content (AvgIpc) is 2.49. The van der Waals surface area contributed by atoms with Crippen molar-refractivity contribution in [2.24, 2.45) is 0 Å². The molecule has 2 rings (SSSR count). The van der Waals surface area contributed by atoms with E-state index < -0.39 is 35.5 Å². The number of nitrogens with one attached hydrogen (secondary N) is 1. The Morgan fingerprint density at radius 2 is 1.86 bits per heavy atom. The standard InChI is InChI=1S/C15H12F3NO2/c16-12-5-4-9(6-10(12)8-20)7-19-15(21)11-2-1-3-13(17)14(11)18/h1-6,20H,7-8H2,(H,19,21). The van der Waals surface area contributed by atoms with Gasteiger partial charge in [-0.2, -0.15) is 0 Å².